The summed E-state index contributed by atoms with van der Waals surface area (Å²) in [5.41, 5.74) is 0. The van der Waals surface area contributed by atoms with Crippen LogP contribution in [0.1, 0.15) is 51.4 Å². The second-order valence-electron chi connectivity index (χ2n) is 5.25. The maximum atomic E-state index is 3.51. The summed E-state index contributed by atoms with van der Waals surface area (Å²) in [6.07, 6.45) is 14.2. The van der Waals surface area contributed by atoms with Gasteiger partial charge < -0.3 is 0 Å². The first-order valence-corrected chi connectivity index (χ1v) is 7.76. The molecule has 0 nitrogen and oxygen atoms in total. The van der Waals surface area contributed by atoms with Crippen LogP contribution in [-0.4, -0.2) is 12.0 Å². The Bertz CT molecular complexity index is 187. The molecule has 2 heteroatoms. The molecule has 2 rings (SSSR count). The van der Waals surface area contributed by atoms with Crippen molar-refractivity contribution in [2.75, 3.05) is 5.33 Å². The highest BCUT2D eigenvalue weighted by molar-refractivity contribution is 9.09. The van der Waals surface area contributed by atoms with Crippen LogP contribution in [-0.2, 0) is 0 Å². The molecule has 84 valence electrons. The Morgan fingerprint density at radius 1 is 0.933 bits per heavy atom. The first-order valence-electron chi connectivity index (χ1n) is 6.64. The third-order valence-electron chi connectivity index (χ3n) is 4.34. The summed E-state index contributed by atoms with van der Waals surface area (Å²) < 4.78 is 0. The first kappa shape index (κ1) is 11.8. The zero-order chi connectivity index (χ0) is 10.5. The molecule has 0 unspecified atom stereocenters. The van der Waals surface area contributed by atoms with Crippen molar-refractivity contribution in [2.24, 2.45) is 0 Å². The first-order chi connectivity index (χ1) is 7.42. The number of alkyl halides is 1. The van der Waals surface area contributed by atoms with E-state index >= 15 is 0 Å². The van der Waals surface area contributed by atoms with Crippen LogP contribution >= 0.6 is 15.9 Å². The molecule has 2 saturated carbocycles. The standard InChI is InChI=1S/C13H22BBr/c15-11-5-10-14(12-6-1-2-7-12)13-8-3-4-9-13/h5,10,12-13H,1-4,6-9,11H2/b10-5+. The Morgan fingerprint density at radius 3 is 1.80 bits per heavy atom. The van der Waals surface area contributed by atoms with Crippen LogP contribution in [0, 0.1) is 0 Å². The summed E-state index contributed by atoms with van der Waals surface area (Å²) in [5.74, 6) is 4.56. The van der Waals surface area contributed by atoms with E-state index in [4.69, 9.17) is 0 Å². The molecule has 0 bridgehead atoms. The van der Waals surface area contributed by atoms with Gasteiger partial charge in [-0.2, -0.15) is 0 Å². The zero-order valence-corrected chi connectivity index (χ0v) is 11.2. The summed E-state index contributed by atoms with van der Waals surface area (Å²) in [7, 11) is 0. The predicted octanol–water partition coefficient (Wildman–Crippen LogP) is 4.86. The van der Waals surface area contributed by atoms with Crippen LogP contribution in [0.3, 0.4) is 0 Å². The molecule has 0 N–H and O–H groups in total. The Hall–Kier alpha value is 0.285. The maximum absolute atomic E-state index is 3.51. The fourth-order valence-electron chi connectivity index (χ4n) is 3.59. The van der Waals surface area contributed by atoms with Gasteiger partial charge in [0.25, 0.3) is 0 Å². The van der Waals surface area contributed by atoms with Gasteiger partial charge in [-0.15, -0.1) is 5.98 Å². The van der Waals surface area contributed by atoms with Crippen molar-refractivity contribution in [3.8, 4) is 0 Å². The molecule has 0 aromatic carbocycles. The van der Waals surface area contributed by atoms with E-state index in [2.05, 4.69) is 28.0 Å². The lowest BCUT2D eigenvalue weighted by Gasteiger charge is -2.22. The van der Waals surface area contributed by atoms with Gasteiger partial charge in [0.1, 0.15) is 0 Å². The Morgan fingerprint density at radius 2 is 1.40 bits per heavy atom. The highest BCUT2D eigenvalue weighted by Gasteiger charge is 2.33. The molecule has 15 heavy (non-hydrogen) atoms. The molecule has 0 saturated heterocycles. The van der Waals surface area contributed by atoms with Crippen LogP contribution in [0.2, 0.25) is 11.6 Å². The van der Waals surface area contributed by atoms with Gasteiger partial charge in [-0.3, -0.25) is 0 Å². The summed E-state index contributed by atoms with van der Waals surface area (Å²) in [6, 6.07) is 0. The average Bonchev–Trinajstić information content (AvgIpc) is 2.90. The minimum absolute atomic E-state index is 0.910. The van der Waals surface area contributed by atoms with E-state index in [1.165, 1.54) is 51.4 Å². The van der Waals surface area contributed by atoms with Crippen molar-refractivity contribution in [3.05, 3.63) is 12.1 Å². The van der Waals surface area contributed by atoms with Crippen LogP contribution < -0.4 is 0 Å². The Balaban J connectivity index is 1.97. The van der Waals surface area contributed by atoms with Crippen molar-refractivity contribution in [1.29, 1.82) is 0 Å². The molecular formula is C13H22BBr. The van der Waals surface area contributed by atoms with Crippen LogP contribution in [0.5, 0.6) is 0 Å². The van der Waals surface area contributed by atoms with Crippen molar-refractivity contribution in [3.63, 3.8) is 0 Å². The molecule has 2 fully saturated rings. The van der Waals surface area contributed by atoms with E-state index in [-0.39, 0.29) is 0 Å². The number of hydrogen-bond donors (Lipinski definition) is 0. The molecule has 0 spiro atoms. The van der Waals surface area contributed by atoms with E-state index in [9.17, 15) is 0 Å². The average molecular weight is 269 g/mol. The molecule has 0 amide bonds. The fraction of sp³-hybridized carbons (Fsp3) is 0.846. The fourth-order valence-corrected chi connectivity index (χ4v) is 3.81. The summed E-state index contributed by atoms with van der Waals surface area (Å²) in [4.78, 5) is 0. The van der Waals surface area contributed by atoms with E-state index in [1.54, 1.807) is 0 Å². The third-order valence-corrected chi connectivity index (χ3v) is 4.71. The summed E-state index contributed by atoms with van der Waals surface area (Å²) in [5, 5.41) is 1.03. The normalized spacial score (nSPS) is 24.3. The lowest BCUT2D eigenvalue weighted by atomic mass is 9.33. The number of halogens is 1. The second kappa shape index (κ2) is 6.13. The lowest BCUT2D eigenvalue weighted by molar-refractivity contribution is 0.781. The molecule has 0 atom stereocenters. The summed E-state index contributed by atoms with van der Waals surface area (Å²) in [6.45, 7) is 0.910. The highest BCUT2D eigenvalue weighted by atomic mass is 79.9. The topological polar surface area (TPSA) is 0 Å². The maximum Gasteiger partial charge on any atom is 0.172 e. The van der Waals surface area contributed by atoms with Gasteiger partial charge in [0.15, 0.2) is 6.71 Å². The van der Waals surface area contributed by atoms with Crippen molar-refractivity contribution < 1.29 is 0 Å². The van der Waals surface area contributed by atoms with E-state index < -0.39 is 0 Å². The van der Waals surface area contributed by atoms with Gasteiger partial charge in [-0.05, 0) is 0 Å². The van der Waals surface area contributed by atoms with Crippen LogP contribution in [0.4, 0.5) is 0 Å². The SMILES string of the molecule is BrC/C=C/B(C1CCCC1)C1CCCC1. The van der Waals surface area contributed by atoms with Crippen LogP contribution in [0.15, 0.2) is 12.1 Å². The molecule has 0 aromatic heterocycles. The monoisotopic (exact) mass is 268 g/mol. The van der Waals surface area contributed by atoms with Gasteiger partial charge in [-0.1, -0.05) is 85.0 Å². The number of rotatable bonds is 4. The Labute approximate surface area is 103 Å². The highest BCUT2D eigenvalue weighted by Crippen LogP contribution is 2.43. The van der Waals surface area contributed by atoms with Gasteiger partial charge >= 0.3 is 0 Å². The minimum atomic E-state index is 0.910. The zero-order valence-electron chi connectivity index (χ0n) is 9.63. The second-order valence-corrected chi connectivity index (χ2v) is 5.90. The molecule has 2 aliphatic rings. The van der Waals surface area contributed by atoms with E-state index in [0.29, 0.717) is 0 Å². The third kappa shape index (κ3) is 3.12. The number of hydrogen-bond acceptors (Lipinski definition) is 0. The minimum Gasteiger partial charge on any atom is -0.118 e. The predicted molar refractivity (Wildman–Crippen MR) is 73.1 cm³/mol. The molecule has 2 aliphatic carbocycles. The van der Waals surface area contributed by atoms with Crippen molar-refractivity contribution in [1.82, 2.24) is 0 Å². The van der Waals surface area contributed by atoms with E-state index in [0.717, 1.165) is 23.7 Å². The van der Waals surface area contributed by atoms with E-state index in [1.807, 2.05) is 0 Å². The van der Waals surface area contributed by atoms with Gasteiger partial charge in [-0.25, -0.2) is 0 Å². The lowest BCUT2D eigenvalue weighted by Crippen LogP contribution is -2.22. The Kier molecular flexibility index (Phi) is 4.80. The molecule has 0 aliphatic heterocycles. The molecule has 0 heterocycles. The smallest absolute Gasteiger partial charge is 0.118 e. The largest absolute Gasteiger partial charge is 0.172 e. The van der Waals surface area contributed by atoms with Crippen molar-refractivity contribution in [2.45, 2.75) is 63.0 Å². The van der Waals surface area contributed by atoms with Gasteiger partial charge in [0.05, 0.1) is 0 Å². The van der Waals surface area contributed by atoms with Gasteiger partial charge in [0, 0.05) is 5.33 Å². The van der Waals surface area contributed by atoms with Crippen molar-refractivity contribution >= 4 is 22.6 Å². The molecule has 0 radical (unpaired) electrons. The van der Waals surface area contributed by atoms with Gasteiger partial charge in [0.2, 0.25) is 0 Å². The quantitative estimate of drug-likeness (QED) is 0.505. The summed E-state index contributed by atoms with van der Waals surface area (Å²) >= 11 is 3.51. The molecule has 0 aromatic rings. The molecular weight excluding hydrogens is 247 g/mol. The van der Waals surface area contributed by atoms with Crippen LogP contribution in [0.25, 0.3) is 0 Å². The number of allylic oxidation sites excluding steroid dienone is 1.